The highest BCUT2D eigenvalue weighted by Crippen LogP contribution is 2.32. The second-order valence-electron chi connectivity index (χ2n) is 4.72. The van der Waals surface area contributed by atoms with Crippen molar-refractivity contribution in [2.45, 2.75) is 45.0 Å². The molecule has 2 atom stereocenters. The largest absolute Gasteiger partial charge is 0.473 e. The Morgan fingerprint density at radius 3 is 2.53 bits per heavy atom. The SMILES string of the molecule is CC1CC(Oc2nc(NN)c(Cl)cc2Cl)CC(C)O1. The first-order chi connectivity index (χ1) is 8.99. The molecule has 0 amide bonds. The van der Waals surface area contributed by atoms with Gasteiger partial charge in [0, 0.05) is 12.8 Å². The summed E-state index contributed by atoms with van der Waals surface area (Å²) in [7, 11) is 0. The molecule has 2 rings (SSSR count). The monoisotopic (exact) mass is 305 g/mol. The van der Waals surface area contributed by atoms with Gasteiger partial charge in [0.15, 0.2) is 5.82 Å². The lowest BCUT2D eigenvalue weighted by molar-refractivity contribution is -0.0729. The minimum atomic E-state index is 0.0237. The molecule has 1 fully saturated rings. The van der Waals surface area contributed by atoms with Crippen molar-refractivity contribution < 1.29 is 9.47 Å². The van der Waals surface area contributed by atoms with Crippen LogP contribution in [0, 0.1) is 0 Å². The fraction of sp³-hybridized carbons (Fsp3) is 0.583. The molecule has 0 bridgehead atoms. The average Bonchev–Trinajstić information content (AvgIpc) is 2.31. The number of hydrogen-bond donors (Lipinski definition) is 2. The Morgan fingerprint density at radius 1 is 1.32 bits per heavy atom. The number of hydrazine groups is 1. The van der Waals surface area contributed by atoms with E-state index in [2.05, 4.69) is 10.4 Å². The highest BCUT2D eigenvalue weighted by atomic mass is 35.5. The van der Waals surface area contributed by atoms with E-state index >= 15 is 0 Å². The number of anilines is 1. The Hall–Kier alpha value is -0.750. The van der Waals surface area contributed by atoms with Crippen molar-refractivity contribution in [1.82, 2.24) is 4.98 Å². The molecule has 106 valence electrons. The smallest absolute Gasteiger partial charge is 0.234 e. The maximum absolute atomic E-state index is 6.08. The van der Waals surface area contributed by atoms with Crippen LogP contribution in [0.1, 0.15) is 26.7 Å². The summed E-state index contributed by atoms with van der Waals surface area (Å²) in [4.78, 5) is 4.17. The number of nitrogen functional groups attached to an aromatic ring is 1. The van der Waals surface area contributed by atoms with Crippen LogP contribution in [0.4, 0.5) is 5.82 Å². The van der Waals surface area contributed by atoms with E-state index in [0.29, 0.717) is 21.7 Å². The van der Waals surface area contributed by atoms with Gasteiger partial charge >= 0.3 is 0 Å². The van der Waals surface area contributed by atoms with Gasteiger partial charge in [0.2, 0.25) is 5.88 Å². The lowest BCUT2D eigenvalue weighted by Gasteiger charge is -2.32. The fourth-order valence-electron chi connectivity index (χ4n) is 2.23. The van der Waals surface area contributed by atoms with Crippen LogP contribution in [-0.4, -0.2) is 23.3 Å². The molecule has 0 radical (unpaired) electrons. The van der Waals surface area contributed by atoms with Crippen LogP contribution in [0.15, 0.2) is 6.07 Å². The molecular weight excluding hydrogens is 289 g/mol. The first kappa shape index (κ1) is 14.7. The van der Waals surface area contributed by atoms with Gasteiger partial charge in [-0.05, 0) is 19.9 Å². The normalized spacial score (nSPS) is 27.1. The molecule has 19 heavy (non-hydrogen) atoms. The number of pyridine rings is 1. The summed E-state index contributed by atoms with van der Waals surface area (Å²) in [5.41, 5.74) is 2.41. The number of halogens is 2. The minimum absolute atomic E-state index is 0.0237. The van der Waals surface area contributed by atoms with Crippen molar-refractivity contribution in [3.63, 3.8) is 0 Å². The highest BCUT2D eigenvalue weighted by Gasteiger charge is 2.27. The number of aromatic nitrogens is 1. The summed E-state index contributed by atoms with van der Waals surface area (Å²) in [6, 6.07) is 1.56. The van der Waals surface area contributed by atoms with Crippen LogP contribution in [0.25, 0.3) is 0 Å². The molecule has 2 heterocycles. The van der Waals surface area contributed by atoms with E-state index in [1.165, 1.54) is 0 Å². The summed E-state index contributed by atoms with van der Waals surface area (Å²) >= 11 is 12.0. The zero-order chi connectivity index (χ0) is 14.0. The van der Waals surface area contributed by atoms with E-state index in [1.807, 2.05) is 13.8 Å². The molecule has 1 aromatic heterocycles. The topological polar surface area (TPSA) is 69.4 Å². The predicted molar refractivity (Wildman–Crippen MR) is 75.7 cm³/mol. The van der Waals surface area contributed by atoms with Gasteiger partial charge in [-0.3, -0.25) is 0 Å². The van der Waals surface area contributed by atoms with E-state index in [9.17, 15) is 0 Å². The van der Waals surface area contributed by atoms with Crippen molar-refractivity contribution in [3.05, 3.63) is 16.1 Å². The third-order valence-electron chi connectivity index (χ3n) is 2.97. The summed E-state index contributed by atoms with van der Waals surface area (Å²) in [5, 5.41) is 0.726. The van der Waals surface area contributed by atoms with Gasteiger partial charge in [-0.15, -0.1) is 0 Å². The summed E-state index contributed by atoms with van der Waals surface area (Å²) in [6.07, 6.45) is 1.95. The van der Waals surface area contributed by atoms with Gasteiger partial charge in [-0.1, -0.05) is 23.2 Å². The summed E-state index contributed by atoms with van der Waals surface area (Å²) < 4.78 is 11.5. The van der Waals surface area contributed by atoms with Gasteiger partial charge in [-0.25, -0.2) is 5.84 Å². The van der Waals surface area contributed by atoms with Crippen molar-refractivity contribution in [1.29, 1.82) is 0 Å². The second-order valence-corrected chi connectivity index (χ2v) is 5.53. The number of ether oxygens (including phenoxy) is 2. The molecule has 3 N–H and O–H groups in total. The molecule has 0 saturated carbocycles. The van der Waals surface area contributed by atoms with Gasteiger partial charge in [0.05, 0.1) is 17.2 Å². The Balaban J connectivity index is 2.14. The predicted octanol–water partition coefficient (Wildman–Crippen LogP) is 3.01. The molecule has 0 aliphatic carbocycles. The third-order valence-corrected chi connectivity index (χ3v) is 3.53. The first-order valence-corrected chi connectivity index (χ1v) is 6.90. The van der Waals surface area contributed by atoms with Gasteiger partial charge in [-0.2, -0.15) is 4.98 Å². The van der Waals surface area contributed by atoms with Gasteiger partial charge < -0.3 is 14.9 Å². The minimum Gasteiger partial charge on any atom is -0.473 e. The summed E-state index contributed by atoms with van der Waals surface area (Å²) in [6.45, 7) is 4.05. The molecule has 1 aromatic rings. The fourth-order valence-corrected chi connectivity index (χ4v) is 2.69. The van der Waals surface area contributed by atoms with Crippen LogP contribution < -0.4 is 16.0 Å². The Morgan fingerprint density at radius 2 is 1.95 bits per heavy atom. The molecule has 2 unspecified atom stereocenters. The van der Waals surface area contributed by atoms with Crippen LogP contribution >= 0.6 is 23.2 Å². The molecule has 1 aliphatic heterocycles. The zero-order valence-electron chi connectivity index (χ0n) is 10.8. The number of nitrogens with one attached hydrogen (secondary N) is 1. The molecule has 1 saturated heterocycles. The standard InChI is InChI=1S/C12H17Cl2N3O2/c1-6-3-8(4-7(2)18-6)19-12-10(14)5-9(13)11(16-12)17-15/h5-8H,3-4,15H2,1-2H3,(H,16,17). The van der Waals surface area contributed by atoms with E-state index < -0.39 is 0 Å². The zero-order valence-corrected chi connectivity index (χ0v) is 12.3. The van der Waals surface area contributed by atoms with Crippen molar-refractivity contribution >= 4 is 29.0 Å². The van der Waals surface area contributed by atoms with Gasteiger partial charge in [0.25, 0.3) is 0 Å². The number of nitrogens with two attached hydrogens (primary N) is 1. The van der Waals surface area contributed by atoms with E-state index in [4.69, 9.17) is 38.5 Å². The first-order valence-electron chi connectivity index (χ1n) is 6.14. The van der Waals surface area contributed by atoms with Crippen LogP contribution in [0.2, 0.25) is 10.0 Å². The van der Waals surface area contributed by atoms with Gasteiger partial charge in [0.1, 0.15) is 11.1 Å². The van der Waals surface area contributed by atoms with Crippen molar-refractivity contribution in [2.75, 3.05) is 5.43 Å². The lowest BCUT2D eigenvalue weighted by Crippen LogP contribution is -2.36. The van der Waals surface area contributed by atoms with Crippen LogP contribution in [0.3, 0.4) is 0 Å². The molecule has 5 nitrogen and oxygen atoms in total. The third kappa shape index (κ3) is 3.63. The molecule has 7 heteroatoms. The number of nitrogens with zero attached hydrogens (tertiary/aromatic N) is 1. The quantitative estimate of drug-likeness (QED) is 0.663. The Bertz CT molecular complexity index is 449. The maximum atomic E-state index is 6.08. The average molecular weight is 306 g/mol. The summed E-state index contributed by atoms with van der Waals surface area (Å²) in [5.74, 6) is 6.01. The van der Waals surface area contributed by atoms with Crippen molar-refractivity contribution in [3.8, 4) is 5.88 Å². The van der Waals surface area contributed by atoms with E-state index in [0.717, 1.165) is 12.8 Å². The van der Waals surface area contributed by atoms with E-state index in [1.54, 1.807) is 6.07 Å². The second kappa shape index (κ2) is 6.13. The lowest BCUT2D eigenvalue weighted by atomic mass is 10.0. The molecule has 0 spiro atoms. The highest BCUT2D eigenvalue weighted by molar-refractivity contribution is 6.36. The van der Waals surface area contributed by atoms with Crippen LogP contribution in [-0.2, 0) is 4.74 Å². The van der Waals surface area contributed by atoms with E-state index in [-0.39, 0.29) is 18.3 Å². The molecular formula is C12H17Cl2N3O2. The molecule has 1 aliphatic rings. The number of hydrogen-bond acceptors (Lipinski definition) is 5. The Labute approximate surface area is 122 Å². The Kier molecular flexibility index (Phi) is 4.73. The molecule has 0 aromatic carbocycles. The number of rotatable bonds is 3. The van der Waals surface area contributed by atoms with Crippen LogP contribution in [0.5, 0.6) is 5.88 Å². The maximum Gasteiger partial charge on any atom is 0.234 e. The van der Waals surface area contributed by atoms with Crippen molar-refractivity contribution in [2.24, 2.45) is 5.84 Å².